The van der Waals surface area contributed by atoms with Gasteiger partial charge in [-0.15, -0.1) is 11.3 Å². The molecular weight excluding hydrogens is 361 g/mol. The summed E-state index contributed by atoms with van der Waals surface area (Å²) in [5.74, 6) is -0.375. The van der Waals surface area contributed by atoms with Crippen molar-refractivity contribution in [1.29, 1.82) is 0 Å². The first-order valence-electron chi connectivity index (χ1n) is 6.47. The molecule has 1 aromatic carbocycles. The van der Waals surface area contributed by atoms with E-state index in [-0.39, 0.29) is 16.9 Å². The lowest BCUT2D eigenvalue weighted by Crippen LogP contribution is -2.22. The molecule has 0 amide bonds. The molecule has 1 N–H and O–H groups in total. The fraction of sp³-hybridized carbons (Fsp3) is 0.333. The van der Waals surface area contributed by atoms with Crippen molar-refractivity contribution in [3.63, 3.8) is 0 Å². The second-order valence-corrected chi connectivity index (χ2v) is 7.48. The monoisotopic (exact) mass is 375 g/mol. The number of rotatable bonds is 5. The molecule has 5 heteroatoms. The highest BCUT2D eigenvalue weighted by molar-refractivity contribution is 9.11. The highest BCUT2D eigenvalue weighted by Gasteiger charge is 2.18. The molecule has 0 aliphatic rings. The van der Waals surface area contributed by atoms with Gasteiger partial charge in [0, 0.05) is 4.88 Å². The molecule has 20 heavy (non-hydrogen) atoms. The summed E-state index contributed by atoms with van der Waals surface area (Å²) in [6.45, 7) is 5.05. The molecule has 0 saturated heterocycles. The highest BCUT2D eigenvalue weighted by atomic mass is 79.9. The van der Waals surface area contributed by atoms with E-state index >= 15 is 0 Å². The molecule has 2 aromatic rings. The molecule has 0 fully saturated rings. The van der Waals surface area contributed by atoms with Crippen molar-refractivity contribution in [2.75, 3.05) is 6.54 Å². The summed E-state index contributed by atoms with van der Waals surface area (Å²) >= 11 is 11.0. The van der Waals surface area contributed by atoms with Crippen molar-refractivity contribution in [3.8, 4) is 0 Å². The second kappa shape index (κ2) is 7.03. The highest BCUT2D eigenvalue weighted by Crippen LogP contribution is 2.35. The van der Waals surface area contributed by atoms with E-state index in [2.05, 4.69) is 41.2 Å². The Kier molecular flexibility index (Phi) is 5.61. The van der Waals surface area contributed by atoms with E-state index in [4.69, 9.17) is 11.6 Å². The zero-order valence-electron chi connectivity index (χ0n) is 11.3. The van der Waals surface area contributed by atoms with Crippen LogP contribution in [0.3, 0.4) is 0 Å². The van der Waals surface area contributed by atoms with Gasteiger partial charge in [-0.05, 0) is 65.1 Å². The van der Waals surface area contributed by atoms with Gasteiger partial charge in [0.2, 0.25) is 0 Å². The Morgan fingerprint density at radius 2 is 2.15 bits per heavy atom. The average Bonchev–Trinajstić information content (AvgIpc) is 2.74. The van der Waals surface area contributed by atoms with Crippen LogP contribution in [0.25, 0.3) is 0 Å². The average molecular weight is 377 g/mol. The van der Waals surface area contributed by atoms with Gasteiger partial charge in [-0.1, -0.05) is 24.6 Å². The smallest absolute Gasteiger partial charge is 0.142 e. The summed E-state index contributed by atoms with van der Waals surface area (Å²) in [6.07, 6.45) is 1.03. The number of hydrogen-bond acceptors (Lipinski definition) is 2. The van der Waals surface area contributed by atoms with Gasteiger partial charge >= 0.3 is 0 Å². The molecule has 1 heterocycles. The molecule has 0 saturated carbocycles. The van der Waals surface area contributed by atoms with Crippen molar-refractivity contribution in [3.05, 3.63) is 54.9 Å². The minimum atomic E-state index is -0.375. The molecule has 0 aliphatic heterocycles. The van der Waals surface area contributed by atoms with Gasteiger partial charge < -0.3 is 5.32 Å². The molecule has 1 unspecified atom stereocenters. The maximum atomic E-state index is 13.7. The Hall–Kier alpha value is -0.420. The van der Waals surface area contributed by atoms with Gasteiger partial charge in [-0.3, -0.25) is 0 Å². The van der Waals surface area contributed by atoms with Gasteiger partial charge in [0.25, 0.3) is 0 Å². The van der Waals surface area contributed by atoms with Crippen LogP contribution in [0, 0.1) is 12.7 Å². The van der Waals surface area contributed by atoms with Crippen LogP contribution in [-0.4, -0.2) is 6.54 Å². The summed E-state index contributed by atoms with van der Waals surface area (Å²) in [5, 5.41) is 3.63. The first-order chi connectivity index (χ1) is 9.52. The van der Waals surface area contributed by atoms with Crippen LogP contribution >= 0.6 is 38.9 Å². The van der Waals surface area contributed by atoms with Crippen LogP contribution in [-0.2, 0) is 0 Å². The lowest BCUT2D eigenvalue weighted by molar-refractivity contribution is 0.591. The predicted octanol–water partition coefficient (Wildman–Crippen LogP) is 5.70. The molecule has 0 aliphatic carbocycles. The number of thiophene rings is 1. The maximum absolute atomic E-state index is 13.7. The molecule has 108 valence electrons. The Labute approximate surface area is 136 Å². The van der Waals surface area contributed by atoms with E-state index in [0.29, 0.717) is 0 Å². The van der Waals surface area contributed by atoms with Crippen LogP contribution in [0.15, 0.2) is 28.1 Å². The Bertz CT molecular complexity index is 580. The number of benzene rings is 1. The van der Waals surface area contributed by atoms with Gasteiger partial charge in [-0.25, -0.2) is 4.39 Å². The molecule has 1 aromatic heterocycles. The fourth-order valence-electron chi connectivity index (χ4n) is 1.99. The quantitative estimate of drug-likeness (QED) is 0.705. The van der Waals surface area contributed by atoms with E-state index in [1.165, 1.54) is 16.5 Å². The Balaban J connectivity index is 2.38. The number of nitrogens with one attached hydrogen (secondary N) is 1. The first-order valence-corrected chi connectivity index (χ1v) is 8.45. The second-order valence-electron chi connectivity index (χ2n) is 4.67. The number of hydrogen-bond donors (Lipinski definition) is 1. The molecule has 0 bridgehead atoms. The number of aryl methyl sites for hydroxylation is 1. The molecule has 0 radical (unpaired) electrons. The van der Waals surface area contributed by atoms with E-state index < -0.39 is 0 Å². The van der Waals surface area contributed by atoms with E-state index in [0.717, 1.165) is 22.3 Å². The van der Waals surface area contributed by atoms with E-state index in [1.807, 2.05) is 6.07 Å². The summed E-state index contributed by atoms with van der Waals surface area (Å²) < 4.78 is 14.8. The third-order valence-electron chi connectivity index (χ3n) is 3.04. The lowest BCUT2D eigenvalue weighted by Gasteiger charge is -2.18. The normalized spacial score (nSPS) is 12.7. The zero-order chi connectivity index (χ0) is 14.7. The van der Waals surface area contributed by atoms with Crippen molar-refractivity contribution in [2.45, 2.75) is 26.3 Å². The maximum Gasteiger partial charge on any atom is 0.142 e. The van der Waals surface area contributed by atoms with Crippen LogP contribution < -0.4 is 5.32 Å². The van der Waals surface area contributed by atoms with Crippen LogP contribution in [0.5, 0.6) is 0 Å². The summed E-state index contributed by atoms with van der Waals surface area (Å²) in [4.78, 5) is 1.17. The van der Waals surface area contributed by atoms with Crippen LogP contribution in [0.1, 0.15) is 35.4 Å². The van der Waals surface area contributed by atoms with E-state index in [1.54, 1.807) is 17.4 Å². The predicted molar refractivity (Wildman–Crippen MR) is 88.3 cm³/mol. The van der Waals surface area contributed by atoms with Gasteiger partial charge in [0.05, 0.1) is 14.9 Å². The standard InChI is InChI=1S/C15H16BrClFNS/c1-3-6-19-14(13-7-9(2)15(16)20-13)10-4-5-11(17)12(18)8-10/h4-5,7-8,14,19H,3,6H2,1-2H3. The molecule has 2 rings (SSSR count). The largest absolute Gasteiger partial charge is 0.306 e. The third kappa shape index (κ3) is 3.61. The van der Waals surface area contributed by atoms with E-state index in [9.17, 15) is 4.39 Å². The summed E-state index contributed by atoms with van der Waals surface area (Å²) in [5.41, 5.74) is 2.09. The minimum absolute atomic E-state index is 0.00304. The molecule has 1 nitrogen and oxygen atoms in total. The van der Waals surface area contributed by atoms with Crippen molar-refractivity contribution in [2.24, 2.45) is 0 Å². The van der Waals surface area contributed by atoms with Gasteiger partial charge in [0.15, 0.2) is 0 Å². The SMILES string of the molecule is CCCNC(c1ccc(Cl)c(F)c1)c1cc(C)c(Br)s1. The summed E-state index contributed by atoms with van der Waals surface area (Å²) in [6, 6.07) is 7.13. The van der Waals surface area contributed by atoms with Crippen LogP contribution in [0.4, 0.5) is 4.39 Å². The summed E-state index contributed by atoms with van der Waals surface area (Å²) in [7, 11) is 0. The first kappa shape index (κ1) is 16.0. The van der Waals surface area contributed by atoms with Crippen molar-refractivity contribution < 1.29 is 4.39 Å². The third-order valence-corrected chi connectivity index (χ3v) is 5.54. The molecule has 1 atom stereocenters. The fourth-order valence-corrected chi connectivity index (χ4v) is 3.78. The lowest BCUT2D eigenvalue weighted by atomic mass is 10.0. The van der Waals surface area contributed by atoms with Crippen LogP contribution in [0.2, 0.25) is 5.02 Å². The van der Waals surface area contributed by atoms with Gasteiger partial charge in [0.1, 0.15) is 5.82 Å². The Morgan fingerprint density at radius 3 is 2.70 bits per heavy atom. The topological polar surface area (TPSA) is 12.0 Å². The molecular formula is C15H16BrClFNS. The van der Waals surface area contributed by atoms with Gasteiger partial charge in [-0.2, -0.15) is 0 Å². The zero-order valence-corrected chi connectivity index (χ0v) is 14.5. The Morgan fingerprint density at radius 1 is 1.40 bits per heavy atom. The van der Waals surface area contributed by atoms with Crippen molar-refractivity contribution in [1.82, 2.24) is 5.32 Å². The molecule has 0 spiro atoms. The van der Waals surface area contributed by atoms with Crippen molar-refractivity contribution >= 4 is 38.9 Å². The minimum Gasteiger partial charge on any atom is -0.306 e. The number of halogens is 3.